The van der Waals surface area contributed by atoms with Gasteiger partial charge in [-0.1, -0.05) is 60.7 Å². The number of carbonyl (C=O) groups is 1. The van der Waals surface area contributed by atoms with Crippen molar-refractivity contribution < 1.29 is 4.79 Å². The van der Waals surface area contributed by atoms with Crippen molar-refractivity contribution >= 4 is 5.91 Å². The van der Waals surface area contributed by atoms with Crippen molar-refractivity contribution in [1.29, 1.82) is 0 Å². The highest BCUT2D eigenvalue weighted by atomic mass is 16.1. The van der Waals surface area contributed by atoms with Crippen molar-refractivity contribution in [3.63, 3.8) is 0 Å². The topological polar surface area (TPSA) is 69.1 Å². The molecule has 0 bridgehead atoms. The molecule has 2 atom stereocenters. The maximum atomic E-state index is 11.7. The van der Waals surface area contributed by atoms with Gasteiger partial charge in [-0.05, 0) is 30.4 Å². The number of rotatable bonds is 7. The molecule has 2 aromatic carbocycles. The molecule has 0 aromatic heterocycles. The Hall–Kier alpha value is -2.13. The molecular weight excluding hydrogens is 260 g/mol. The second kappa shape index (κ2) is 7.60. The zero-order valence-corrected chi connectivity index (χ0v) is 12.1. The second-order valence-corrected chi connectivity index (χ2v) is 5.47. The Morgan fingerprint density at radius 3 is 1.81 bits per heavy atom. The van der Waals surface area contributed by atoms with E-state index in [0.717, 1.165) is 12.0 Å². The molecule has 0 aliphatic carbocycles. The van der Waals surface area contributed by atoms with Crippen molar-refractivity contribution in [2.45, 2.75) is 25.3 Å². The van der Waals surface area contributed by atoms with Gasteiger partial charge in [0.25, 0.3) is 0 Å². The molecule has 110 valence electrons. The standard InChI is InChI=1S/C18H22N2O/c19-17(12-15-9-5-2-6-10-15)13-16(18(20)21)11-14-7-3-1-4-8-14/h1-10,16-17H,11-13,19H2,(H2,20,21). The highest BCUT2D eigenvalue weighted by molar-refractivity contribution is 5.77. The van der Waals surface area contributed by atoms with Crippen molar-refractivity contribution in [3.8, 4) is 0 Å². The number of hydrogen-bond acceptors (Lipinski definition) is 2. The molecule has 0 aliphatic rings. The fourth-order valence-electron chi connectivity index (χ4n) is 2.56. The molecule has 4 N–H and O–H groups in total. The Kier molecular flexibility index (Phi) is 5.52. The van der Waals surface area contributed by atoms with Crippen LogP contribution in [-0.2, 0) is 17.6 Å². The third-order valence-corrected chi connectivity index (χ3v) is 3.66. The number of carbonyl (C=O) groups excluding carboxylic acids is 1. The van der Waals surface area contributed by atoms with Crippen LogP contribution in [-0.4, -0.2) is 11.9 Å². The average Bonchev–Trinajstić information content (AvgIpc) is 2.48. The molecule has 0 aliphatic heterocycles. The maximum Gasteiger partial charge on any atom is 0.220 e. The molecular formula is C18H22N2O. The molecule has 2 unspecified atom stereocenters. The monoisotopic (exact) mass is 282 g/mol. The lowest BCUT2D eigenvalue weighted by atomic mass is 9.90. The summed E-state index contributed by atoms with van der Waals surface area (Å²) >= 11 is 0. The second-order valence-electron chi connectivity index (χ2n) is 5.47. The molecule has 1 amide bonds. The van der Waals surface area contributed by atoms with Crippen LogP contribution in [0, 0.1) is 5.92 Å². The van der Waals surface area contributed by atoms with E-state index >= 15 is 0 Å². The summed E-state index contributed by atoms with van der Waals surface area (Å²) in [4.78, 5) is 11.7. The normalized spacial score (nSPS) is 13.6. The molecule has 3 nitrogen and oxygen atoms in total. The molecule has 0 heterocycles. The first-order valence-electron chi connectivity index (χ1n) is 7.28. The van der Waals surface area contributed by atoms with Gasteiger partial charge in [-0.15, -0.1) is 0 Å². The van der Waals surface area contributed by atoms with Gasteiger partial charge in [-0.3, -0.25) is 4.79 Å². The van der Waals surface area contributed by atoms with Crippen LogP contribution < -0.4 is 11.5 Å². The van der Waals surface area contributed by atoms with Crippen molar-refractivity contribution in [1.82, 2.24) is 0 Å². The lowest BCUT2D eigenvalue weighted by molar-refractivity contribution is -0.122. The van der Waals surface area contributed by atoms with E-state index in [0.29, 0.717) is 12.8 Å². The predicted octanol–water partition coefficient (Wildman–Crippen LogP) is 2.29. The van der Waals surface area contributed by atoms with E-state index in [9.17, 15) is 4.79 Å². The average molecular weight is 282 g/mol. The van der Waals surface area contributed by atoms with Crippen LogP contribution in [0.3, 0.4) is 0 Å². The van der Waals surface area contributed by atoms with Gasteiger partial charge in [0.05, 0.1) is 0 Å². The minimum atomic E-state index is -0.276. The molecule has 3 heteroatoms. The Labute approximate surface area is 126 Å². The summed E-state index contributed by atoms with van der Waals surface area (Å²) in [5, 5.41) is 0. The van der Waals surface area contributed by atoms with Crippen LogP contribution in [0.2, 0.25) is 0 Å². The minimum absolute atomic E-state index is 0.0615. The van der Waals surface area contributed by atoms with Crippen LogP contribution in [0.25, 0.3) is 0 Å². The smallest absolute Gasteiger partial charge is 0.220 e. The molecule has 0 radical (unpaired) electrons. The first-order valence-corrected chi connectivity index (χ1v) is 7.28. The highest BCUT2D eigenvalue weighted by Crippen LogP contribution is 2.15. The molecule has 0 spiro atoms. The van der Waals surface area contributed by atoms with Crippen LogP contribution in [0.4, 0.5) is 0 Å². The summed E-state index contributed by atoms with van der Waals surface area (Å²) in [6.45, 7) is 0. The number of amides is 1. The minimum Gasteiger partial charge on any atom is -0.369 e. The number of primary amides is 1. The summed E-state index contributed by atoms with van der Waals surface area (Å²) in [7, 11) is 0. The zero-order chi connectivity index (χ0) is 15.1. The number of benzene rings is 2. The highest BCUT2D eigenvalue weighted by Gasteiger charge is 2.19. The van der Waals surface area contributed by atoms with E-state index in [1.807, 2.05) is 48.5 Å². The quantitative estimate of drug-likeness (QED) is 0.818. The van der Waals surface area contributed by atoms with Gasteiger partial charge in [0.15, 0.2) is 0 Å². The van der Waals surface area contributed by atoms with E-state index < -0.39 is 0 Å². The Balaban J connectivity index is 1.95. The van der Waals surface area contributed by atoms with Gasteiger partial charge in [-0.25, -0.2) is 0 Å². The maximum absolute atomic E-state index is 11.7. The number of hydrogen-bond donors (Lipinski definition) is 2. The fraction of sp³-hybridized carbons (Fsp3) is 0.278. The lowest BCUT2D eigenvalue weighted by Crippen LogP contribution is -2.33. The van der Waals surface area contributed by atoms with Crippen LogP contribution >= 0.6 is 0 Å². The summed E-state index contributed by atoms with van der Waals surface area (Å²) in [6, 6.07) is 19.9. The van der Waals surface area contributed by atoms with E-state index in [-0.39, 0.29) is 17.9 Å². The van der Waals surface area contributed by atoms with Crippen molar-refractivity contribution in [2.24, 2.45) is 17.4 Å². The fourth-order valence-corrected chi connectivity index (χ4v) is 2.56. The molecule has 0 saturated carbocycles. The molecule has 2 aromatic rings. The lowest BCUT2D eigenvalue weighted by Gasteiger charge is -2.18. The predicted molar refractivity (Wildman–Crippen MR) is 85.6 cm³/mol. The summed E-state index contributed by atoms with van der Waals surface area (Å²) < 4.78 is 0. The van der Waals surface area contributed by atoms with Gasteiger partial charge >= 0.3 is 0 Å². The Morgan fingerprint density at radius 1 is 0.857 bits per heavy atom. The SMILES string of the molecule is NC(=O)C(Cc1ccccc1)CC(N)Cc1ccccc1. The Morgan fingerprint density at radius 2 is 1.33 bits per heavy atom. The van der Waals surface area contributed by atoms with Crippen molar-refractivity contribution in [3.05, 3.63) is 71.8 Å². The Bertz CT molecular complexity index is 554. The van der Waals surface area contributed by atoms with Gasteiger partial charge in [0.2, 0.25) is 5.91 Å². The van der Waals surface area contributed by atoms with Crippen molar-refractivity contribution in [2.75, 3.05) is 0 Å². The van der Waals surface area contributed by atoms with E-state index in [1.54, 1.807) is 0 Å². The summed E-state index contributed by atoms with van der Waals surface area (Å²) in [5.74, 6) is -0.492. The molecule has 2 rings (SSSR count). The van der Waals surface area contributed by atoms with Gasteiger partial charge in [0, 0.05) is 12.0 Å². The van der Waals surface area contributed by atoms with Gasteiger partial charge in [0.1, 0.15) is 0 Å². The first-order chi connectivity index (χ1) is 10.1. The third-order valence-electron chi connectivity index (χ3n) is 3.66. The third kappa shape index (κ3) is 5.04. The first kappa shape index (κ1) is 15.3. The summed E-state index contributed by atoms with van der Waals surface area (Å²) in [5.41, 5.74) is 14.0. The van der Waals surface area contributed by atoms with Gasteiger partial charge in [-0.2, -0.15) is 0 Å². The van der Waals surface area contributed by atoms with Gasteiger partial charge < -0.3 is 11.5 Å². The molecule has 0 saturated heterocycles. The van der Waals surface area contributed by atoms with Crippen LogP contribution in [0.15, 0.2) is 60.7 Å². The van der Waals surface area contributed by atoms with Crippen LogP contribution in [0.5, 0.6) is 0 Å². The number of nitrogens with two attached hydrogens (primary N) is 2. The van der Waals surface area contributed by atoms with Crippen LogP contribution in [0.1, 0.15) is 17.5 Å². The van der Waals surface area contributed by atoms with E-state index in [1.165, 1.54) is 5.56 Å². The largest absolute Gasteiger partial charge is 0.369 e. The van der Waals surface area contributed by atoms with E-state index in [2.05, 4.69) is 12.1 Å². The summed E-state index contributed by atoms with van der Waals surface area (Å²) in [6.07, 6.45) is 2.02. The molecule has 21 heavy (non-hydrogen) atoms. The van der Waals surface area contributed by atoms with E-state index in [4.69, 9.17) is 11.5 Å². The zero-order valence-electron chi connectivity index (χ0n) is 12.1. The molecule has 0 fully saturated rings.